The molecule has 6 nitrogen and oxygen atoms in total. The van der Waals surface area contributed by atoms with Gasteiger partial charge in [-0.2, -0.15) is 5.10 Å². The number of hydrogen-bond donors (Lipinski definition) is 1. The normalized spacial score (nSPS) is 12.4. The Bertz CT molecular complexity index is 895. The number of rotatable bonds is 6. The van der Waals surface area contributed by atoms with Crippen molar-refractivity contribution in [3.05, 3.63) is 72.3 Å². The third kappa shape index (κ3) is 4.97. The van der Waals surface area contributed by atoms with Gasteiger partial charge in [0.25, 0.3) is 5.91 Å². The summed E-state index contributed by atoms with van der Waals surface area (Å²) in [4.78, 5) is 16.2. The van der Waals surface area contributed by atoms with E-state index in [2.05, 4.69) is 36.2 Å². The Labute approximate surface area is 165 Å². The Morgan fingerprint density at radius 1 is 1.11 bits per heavy atom. The lowest BCUT2D eigenvalue weighted by Crippen LogP contribution is -2.31. The Hall–Kier alpha value is -3.15. The fourth-order valence-electron chi connectivity index (χ4n) is 2.82. The molecule has 0 aliphatic carbocycles. The largest absolute Gasteiger partial charge is 0.484 e. The summed E-state index contributed by atoms with van der Waals surface area (Å²) < 4.78 is 7.30. The van der Waals surface area contributed by atoms with Crippen LogP contribution in [0, 0.1) is 0 Å². The van der Waals surface area contributed by atoms with E-state index in [1.807, 2.05) is 55.5 Å². The predicted molar refractivity (Wildman–Crippen MR) is 109 cm³/mol. The minimum atomic E-state index is -0.159. The monoisotopic (exact) mass is 378 g/mol. The van der Waals surface area contributed by atoms with Crippen LogP contribution in [-0.4, -0.2) is 27.3 Å². The number of ether oxygens (including phenoxy) is 1. The zero-order chi connectivity index (χ0) is 20.1. The number of hydrogen-bond acceptors (Lipinski definition) is 4. The molecule has 0 saturated heterocycles. The molecule has 1 aromatic heterocycles. The van der Waals surface area contributed by atoms with Gasteiger partial charge in [-0.25, -0.2) is 9.67 Å². The molecule has 28 heavy (non-hydrogen) atoms. The maximum absolute atomic E-state index is 12.2. The van der Waals surface area contributed by atoms with Gasteiger partial charge in [0.2, 0.25) is 0 Å². The van der Waals surface area contributed by atoms with Gasteiger partial charge in [0.1, 0.15) is 18.4 Å². The average Bonchev–Trinajstić information content (AvgIpc) is 3.21. The third-order valence-electron chi connectivity index (χ3n) is 4.54. The van der Waals surface area contributed by atoms with Crippen molar-refractivity contribution in [2.45, 2.75) is 39.2 Å². The number of benzene rings is 2. The van der Waals surface area contributed by atoms with Crippen LogP contribution < -0.4 is 10.1 Å². The maximum Gasteiger partial charge on any atom is 0.258 e. The van der Waals surface area contributed by atoms with Crippen molar-refractivity contribution in [3.63, 3.8) is 0 Å². The molecule has 1 N–H and O–H groups in total. The summed E-state index contributed by atoms with van der Waals surface area (Å²) in [6, 6.07) is 15.6. The molecule has 0 saturated carbocycles. The minimum absolute atomic E-state index is 0.0176. The maximum atomic E-state index is 12.2. The zero-order valence-corrected chi connectivity index (χ0v) is 16.7. The number of carbonyl (C=O) groups is 1. The van der Waals surface area contributed by atoms with Crippen LogP contribution in [0.5, 0.6) is 5.75 Å². The molecule has 0 unspecified atom stereocenters. The molecular weight excluding hydrogens is 352 g/mol. The summed E-state index contributed by atoms with van der Waals surface area (Å²) in [6.07, 6.45) is 3.14. The highest BCUT2D eigenvalue weighted by molar-refractivity contribution is 5.78. The van der Waals surface area contributed by atoms with Crippen LogP contribution in [0.25, 0.3) is 5.69 Å². The zero-order valence-electron chi connectivity index (χ0n) is 16.7. The van der Waals surface area contributed by atoms with E-state index in [1.54, 1.807) is 11.0 Å². The van der Waals surface area contributed by atoms with Crippen LogP contribution in [0.1, 0.15) is 44.9 Å². The van der Waals surface area contributed by atoms with Crippen LogP contribution >= 0.6 is 0 Å². The van der Waals surface area contributed by atoms with Gasteiger partial charge in [0.15, 0.2) is 6.61 Å². The van der Waals surface area contributed by atoms with E-state index in [9.17, 15) is 4.79 Å². The molecule has 1 atom stereocenters. The molecule has 0 spiro atoms. The van der Waals surface area contributed by atoms with Gasteiger partial charge in [0.05, 0.1) is 11.7 Å². The molecule has 0 bridgehead atoms. The fraction of sp³-hybridized carbons (Fsp3) is 0.318. The van der Waals surface area contributed by atoms with Gasteiger partial charge >= 0.3 is 0 Å². The van der Waals surface area contributed by atoms with Crippen molar-refractivity contribution < 1.29 is 9.53 Å². The first-order chi connectivity index (χ1) is 13.3. The van der Waals surface area contributed by atoms with E-state index in [0.29, 0.717) is 5.75 Å². The van der Waals surface area contributed by atoms with Crippen molar-refractivity contribution in [1.82, 2.24) is 20.1 Å². The van der Waals surface area contributed by atoms with E-state index < -0.39 is 0 Å². The molecular formula is C22H26N4O2. The lowest BCUT2D eigenvalue weighted by molar-refractivity contribution is -0.123. The van der Waals surface area contributed by atoms with Gasteiger partial charge < -0.3 is 10.1 Å². The molecule has 6 heteroatoms. The second-order valence-electron chi connectivity index (χ2n) is 7.78. The van der Waals surface area contributed by atoms with Crippen LogP contribution in [-0.2, 0) is 10.2 Å². The third-order valence-corrected chi connectivity index (χ3v) is 4.54. The van der Waals surface area contributed by atoms with Gasteiger partial charge in [-0.05, 0) is 47.7 Å². The Morgan fingerprint density at radius 3 is 2.36 bits per heavy atom. The fourth-order valence-corrected chi connectivity index (χ4v) is 2.82. The van der Waals surface area contributed by atoms with Crippen molar-refractivity contribution in [2.24, 2.45) is 0 Å². The van der Waals surface area contributed by atoms with Gasteiger partial charge in [-0.3, -0.25) is 4.79 Å². The Kier molecular flexibility index (Phi) is 5.78. The lowest BCUT2D eigenvalue weighted by Gasteiger charge is -2.19. The quantitative estimate of drug-likeness (QED) is 0.708. The van der Waals surface area contributed by atoms with Crippen LogP contribution in [0.15, 0.2) is 61.2 Å². The van der Waals surface area contributed by atoms with Crippen LogP contribution in [0.3, 0.4) is 0 Å². The van der Waals surface area contributed by atoms with Gasteiger partial charge in [0, 0.05) is 0 Å². The van der Waals surface area contributed by atoms with E-state index in [0.717, 1.165) is 11.3 Å². The van der Waals surface area contributed by atoms with E-state index >= 15 is 0 Å². The first-order valence-corrected chi connectivity index (χ1v) is 9.30. The summed E-state index contributed by atoms with van der Waals surface area (Å²) in [5, 5.41) is 7.06. The topological polar surface area (TPSA) is 69.0 Å². The number of nitrogens with zero attached hydrogens (tertiary/aromatic N) is 3. The standard InChI is InChI=1S/C22H26N4O2/c1-16(17-5-9-19(10-6-17)26-15-23-14-24-26)25-21(27)13-28-20-11-7-18(8-12-20)22(2,3)4/h5-12,14-16H,13H2,1-4H3,(H,25,27)/t16-/m0/s1. The summed E-state index contributed by atoms with van der Waals surface area (Å²) in [5.41, 5.74) is 3.25. The Balaban J connectivity index is 1.51. The molecule has 146 valence electrons. The molecule has 3 rings (SSSR count). The molecule has 1 amide bonds. The van der Waals surface area contributed by atoms with Crippen LogP contribution in [0.4, 0.5) is 0 Å². The van der Waals surface area contributed by atoms with E-state index in [-0.39, 0.29) is 24.0 Å². The molecule has 0 aliphatic heterocycles. The summed E-state index contributed by atoms with van der Waals surface area (Å²) in [5.74, 6) is 0.528. The summed E-state index contributed by atoms with van der Waals surface area (Å²) >= 11 is 0. The van der Waals surface area contributed by atoms with Crippen molar-refractivity contribution in [1.29, 1.82) is 0 Å². The lowest BCUT2D eigenvalue weighted by atomic mass is 9.87. The molecule has 0 aliphatic rings. The predicted octanol–water partition coefficient (Wildman–Crippen LogP) is 3.82. The first-order valence-electron chi connectivity index (χ1n) is 9.30. The SMILES string of the molecule is C[C@H](NC(=O)COc1ccc(C(C)(C)C)cc1)c1ccc(-n2cncn2)cc1. The molecule has 0 fully saturated rings. The van der Waals surface area contributed by atoms with Crippen LogP contribution in [0.2, 0.25) is 0 Å². The highest BCUT2D eigenvalue weighted by Gasteiger charge is 2.14. The molecule has 3 aromatic rings. The number of aromatic nitrogens is 3. The highest BCUT2D eigenvalue weighted by atomic mass is 16.5. The second kappa shape index (κ2) is 8.25. The van der Waals surface area contributed by atoms with E-state index in [1.165, 1.54) is 11.9 Å². The number of carbonyl (C=O) groups excluding carboxylic acids is 1. The number of amides is 1. The van der Waals surface area contributed by atoms with E-state index in [4.69, 9.17) is 4.74 Å². The van der Waals surface area contributed by atoms with Crippen molar-refractivity contribution in [2.75, 3.05) is 6.61 Å². The smallest absolute Gasteiger partial charge is 0.258 e. The molecule has 2 aromatic carbocycles. The summed E-state index contributed by atoms with van der Waals surface area (Å²) in [6.45, 7) is 8.42. The minimum Gasteiger partial charge on any atom is -0.484 e. The van der Waals surface area contributed by atoms with Gasteiger partial charge in [-0.1, -0.05) is 45.0 Å². The summed E-state index contributed by atoms with van der Waals surface area (Å²) in [7, 11) is 0. The Morgan fingerprint density at radius 2 is 1.79 bits per heavy atom. The average molecular weight is 378 g/mol. The first kappa shape index (κ1) is 19.6. The van der Waals surface area contributed by atoms with Gasteiger partial charge in [-0.15, -0.1) is 0 Å². The van der Waals surface area contributed by atoms with Crippen molar-refractivity contribution in [3.8, 4) is 11.4 Å². The number of nitrogens with one attached hydrogen (secondary N) is 1. The molecule has 1 heterocycles. The van der Waals surface area contributed by atoms with Crippen molar-refractivity contribution >= 4 is 5.91 Å². The molecule has 0 radical (unpaired) electrons. The highest BCUT2D eigenvalue weighted by Crippen LogP contribution is 2.24. The second-order valence-corrected chi connectivity index (χ2v) is 7.78.